The third kappa shape index (κ3) is 5.50. The SMILES string of the molecule is c1ccc([Si](c2ccccc2)(c2ccccc2)c2cccc(-n3c4ccccc4c4ccc(-n5c6ccccc6c6ccc(-c7cccc8c7sc7ccccc78)cc65)cc43)c2)cc1. The van der Waals surface area contributed by atoms with Crippen LogP contribution in [0.25, 0.3) is 86.3 Å². The van der Waals surface area contributed by atoms with Crippen LogP contribution in [0.4, 0.5) is 0 Å². The van der Waals surface area contributed by atoms with Gasteiger partial charge in [-0.1, -0.05) is 194 Å². The molecule has 0 fully saturated rings. The lowest BCUT2D eigenvalue weighted by molar-refractivity contribution is 1.16. The van der Waals surface area contributed by atoms with Crippen LogP contribution in [0.1, 0.15) is 0 Å². The van der Waals surface area contributed by atoms with Gasteiger partial charge in [0.1, 0.15) is 0 Å². The first-order valence-electron chi connectivity index (χ1n) is 22.0. The Bertz CT molecular complexity index is 3800. The number of fused-ring (bicyclic) bond motifs is 9. The third-order valence-electron chi connectivity index (χ3n) is 13.5. The summed E-state index contributed by atoms with van der Waals surface area (Å²) in [6, 6.07) is 90.5. The molecule has 2 nitrogen and oxygen atoms in total. The van der Waals surface area contributed by atoms with Crippen LogP contribution in [-0.4, -0.2) is 17.2 Å². The molecule has 10 aromatic carbocycles. The highest BCUT2D eigenvalue weighted by Gasteiger charge is 2.41. The predicted octanol–water partition coefficient (Wildman–Crippen LogP) is 13.3. The van der Waals surface area contributed by atoms with Gasteiger partial charge in [0.15, 0.2) is 8.07 Å². The van der Waals surface area contributed by atoms with Crippen molar-refractivity contribution < 1.29 is 0 Å². The van der Waals surface area contributed by atoms with Gasteiger partial charge >= 0.3 is 0 Å². The number of benzene rings is 10. The highest BCUT2D eigenvalue weighted by atomic mass is 32.1. The lowest BCUT2D eigenvalue weighted by atomic mass is 10.0. The Balaban J connectivity index is 1.05. The van der Waals surface area contributed by atoms with Crippen molar-refractivity contribution in [1.82, 2.24) is 9.13 Å². The highest BCUT2D eigenvalue weighted by molar-refractivity contribution is 7.26. The third-order valence-corrected chi connectivity index (χ3v) is 19.5. The first kappa shape index (κ1) is 36.9. The number of rotatable bonds is 7. The molecule has 0 amide bonds. The molecule has 3 aromatic heterocycles. The molecular formula is C60H40N2SSi. The quantitative estimate of drug-likeness (QED) is 0.112. The van der Waals surface area contributed by atoms with Crippen molar-refractivity contribution in [3.05, 3.63) is 243 Å². The van der Waals surface area contributed by atoms with Gasteiger partial charge in [-0.05, 0) is 80.4 Å². The van der Waals surface area contributed by atoms with Crippen LogP contribution in [0.5, 0.6) is 0 Å². The monoisotopic (exact) mass is 848 g/mol. The maximum atomic E-state index is 2.50. The summed E-state index contributed by atoms with van der Waals surface area (Å²) in [5, 5.41) is 13.1. The summed E-state index contributed by atoms with van der Waals surface area (Å²) >= 11 is 1.89. The van der Waals surface area contributed by atoms with Gasteiger partial charge in [0, 0.05) is 53.1 Å². The molecule has 64 heavy (non-hydrogen) atoms. The van der Waals surface area contributed by atoms with Gasteiger partial charge < -0.3 is 9.13 Å². The molecule has 0 radical (unpaired) electrons. The fourth-order valence-electron chi connectivity index (χ4n) is 10.7. The lowest BCUT2D eigenvalue weighted by Crippen LogP contribution is -2.74. The Labute approximate surface area is 376 Å². The summed E-state index contributed by atoms with van der Waals surface area (Å²) in [5.41, 5.74) is 9.56. The average Bonchev–Trinajstić information content (AvgIpc) is 4.03. The molecule has 0 aliphatic carbocycles. The van der Waals surface area contributed by atoms with Crippen LogP contribution in [0, 0.1) is 0 Å². The van der Waals surface area contributed by atoms with Crippen molar-refractivity contribution in [2.45, 2.75) is 0 Å². The molecule has 0 aliphatic heterocycles. The predicted molar refractivity (Wildman–Crippen MR) is 277 cm³/mol. The second-order valence-corrected chi connectivity index (χ2v) is 21.7. The molecule has 0 spiro atoms. The first-order valence-corrected chi connectivity index (χ1v) is 24.8. The van der Waals surface area contributed by atoms with Crippen molar-refractivity contribution in [1.29, 1.82) is 0 Å². The second-order valence-electron chi connectivity index (χ2n) is 16.8. The van der Waals surface area contributed by atoms with Crippen molar-refractivity contribution in [2.24, 2.45) is 0 Å². The van der Waals surface area contributed by atoms with Crippen LogP contribution in [0.15, 0.2) is 243 Å². The van der Waals surface area contributed by atoms with Crippen LogP contribution < -0.4 is 20.7 Å². The van der Waals surface area contributed by atoms with Crippen molar-refractivity contribution >= 4 is 104 Å². The molecule has 300 valence electrons. The van der Waals surface area contributed by atoms with Gasteiger partial charge in [0.2, 0.25) is 0 Å². The average molecular weight is 849 g/mol. The zero-order chi connectivity index (χ0) is 42.2. The van der Waals surface area contributed by atoms with Gasteiger partial charge in [-0.3, -0.25) is 0 Å². The van der Waals surface area contributed by atoms with Crippen LogP contribution in [-0.2, 0) is 0 Å². The molecule has 0 aliphatic rings. The fraction of sp³-hybridized carbons (Fsp3) is 0. The van der Waals surface area contributed by atoms with Crippen molar-refractivity contribution in [2.75, 3.05) is 0 Å². The largest absolute Gasteiger partial charge is 0.309 e. The first-order chi connectivity index (χ1) is 31.8. The summed E-state index contributed by atoms with van der Waals surface area (Å²) in [4.78, 5) is 0. The summed E-state index contributed by atoms with van der Waals surface area (Å²) < 4.78 is 7.63. The highest BCUT2D eigenvalue weighted by Crippen LogP contribution is 2.42. The van der Waals surface area contributed by atoms with E-state index in [0.29, 0.717) is 0 Å². The van der Waals surface area contributed by atoms with E-state index >= 15 is 0 Å². The second kappa shape index (κ2) is 14.7. The molecule has 13 rings (SSSR count). The molecular weight excluding hydrogens is 809 g/mol. The number of hydrogen-bond acceptors (Lipinski definition) is 1. The van der Waals surface area contributed by atoms with Crippen molar-refractivity contribution in [3.63, 3.8) is 0 Å². The van der Waals surface area contributed by atoms with Crippen LogP contribution in [0.3, 0.4) is 0 Å². The normalized spacial score (nSPS) is 12.1. The number of para-hydroxylation sites is 2. The van der Waals surface area contributed by atoms with E-state index in [1.807, 2.05) is 11.3 Å². The topological polar surface area (TPSA) is 9.86 Å². The zero-order valence-electron chi connectivity index (χ0n) is 34.9. The van der Waals surface area contributed by atoms with E-state index in [1.165, 1.54) is 95.7 Å². The van der Waals surface area contributed by atoms with Gasteiger partial charge in [-0.2, -0.15) is 0 Å². The number of thiophene rings is 1. The molecule has 0 bridgehead atoms. The van der Waals surface area contributed by atoms with Crippen molar-refractivity contribution in [3.8, 4) is 22.5 Å². The Morgan fingerprint density at radius 2 is 0.766 bits per heavy atom. The lowest BCUT2D eigenvalue weighted by Gasteiger charge is -2.34. The van der Waals surface area contributed by atoms with E-state index in [0.717, 1.165) is 11.4 Å². The standard InChI is InChI=1S/C60H40N2SSi/c1-4-19-44(20-5-1)64(45-21-6-2-7-22-45,46-23-8-3-9-24-46)47-25-16-18-42(39-47)61-55-31-13-11-27-50(55)52-37-35-43(40-58(52)61)62-56-32-14-10-26-49(56)51-36-34-41(38-57(51)62)48-29-17-30-54-53-28-12-15-33-59(53)63-60(48)54/h1-40H. The molecule has 0 saturated heterocycles. The summed E-state index contributed by atoms with van der Waals surface area (Å²) in [6.07, 6.45) is 0. The van der Waals surface area contributed by atoms with E-state index in [4.69, 9.17) is 0 Å². The van der Waals surface area contributed by atoms with Gasteiger partial charge in [-0.15, -0.1) is 11.3 Å². The van der Waals surface area contributed by atoms with Gasteiger partial charge in [0.05, 0.1) is 22.1 Å². The number of hydrogen-bond donors (Lipinski definition) is 0. The van der Waals surface area contributed by atoms with Gasteiger partial charge in [-0.25, -0.2) is 0 Å². The smallest absolute Gasteiger partial charge is 0.179 e. The maximum absolute atomic E-state index is 2.77. The molecule has 0 atom stereocenters. The summed E-state index contributed by atoms with van der Waals surface area (Å²) in [6.45, 7) is 0. The van der Waals surface area contributed by atoms with Gasteiger partial charge in [0.25, 0.3) is 0 Å². The van der Waals surface area contributed by atoms with E-state index in [-0.39, 0.29) is 0 Å². The van der Waals surface area contributed by atoms with E-state index < -0.39 is 8.07 Å². The molecule has 4 heteroatoms. The fourth-order valence-corrected chi connectivity index (χ4v) is 16.7. The van der Waals surface area contributed by atoms with E-state index in [2.05, 4.69) is 252 Å². The number of nitrogens with zero attached hydrogens (tertiary/aromatic N) is 2. The minimum Gasteiger partial charge on any atom is -0.309 e. The summed E-state index contributed by atoms with van der Waals surface area (Å²) in [5.74, 6) is 0. The molecule has 0 saturated carbocycles. The van der Waals surface area contributed by atoms with E-state index in [9.17, 15) is 0 Å². The Kier molecular flexibility index (Phi) is 8.45. The zero-order valence-corrected chi connectivity index (χ0v) is 36.7. The minimum atomic E-state index is -2.77. The van der Waals surface area contributed by atoms with Crippen LogP contribution >= 0.6 is 11.3 Å². The molecule has 0 unspecified atom stereocenters. The Hall–Kier alpha value is -7.76. The van der Waals surface area contributed by atoms with Crippen LogP contribution in [0.2, 0.25) is 0 Å². The molecule has 0 N–H and O–H groups in total. The summed E-state index contributed by atoms with van der Waals surface area (Å²) in [7, 11) is -2.77. The number of aromatic nitrogens is 2. The minimum absolute atomic E-state index is 1.14. The Morgan fingerprint density at radius 1 is 0.297 bits per heavy atom. The Morgan fingerprint density at radius 3 is 1.41 bits per heavy atom. The molecule has 13 aromatic rings. The maximum Gasteiger partial charge on any atom is 0.179 e. The molecule has 3 heterocycles. The van der Waals surface area contributed by atoms with E-state index in [1.54, 1.807) is 0 Å².